The molecule has 0 amide bonds. The lowest BCUT2D eigenvalue weighted by molar-refractivity contribution is -0.136. The van der Waals surface area contributed by atoms with Crippen molar-refractivity contribution >= 4 is 17.3 Å². The second-order valence-corrected chi connectivity index (χ2v) is 5.96. The molecule has 1 rings (SSSR count). The molecule has 0 aliphatic carbocycles. The molecule has 90 valence electrons. The van der Waals surface area contributed by atoms with E-state index in [1.807, 2.05) is 6.92 Å². The Balaban J connectivity index is 2.66. The highest BCUT2D eigenvalue weighted by molar-refractivity contribution is 7.11. The first-order valence-corrected chi connectivity index (χ1v) is 6.01. The molecule has 0 spiro atoms. The van der Waals surface area contributed by atoms with Crippen LogP contribution in [0.4, 0.5) is 0 Å². The molecule has 1 aromatic rings. The van der Waals surface area contributed by atoms with Crippen LogP contribution in [-0.4, -0.2) is 21.6 Å². The highest BCUT2D eigenvalue weighted by atomic mass is 32.1. The molecule has 0 unspecified atom stereocenters. The summed E-state index contributed by atoms with van der Waals surface area (Å²) in [5.41, 5.74) is 0.880. The Kier molecular flexibility index (Phi) is 4.04. The third-order valence-corrected chi connectivity index (χ3v) is 3.18. The number of thiazole rings is 1. The normalized spacial score (nSPS) is 11.8. The first-order valence-electron chi connectivity index (χ1n) is 5.20. The van der Waals surface area contributed by atoms with Crippen molar-refractivity contribution < 1.29 is 9.90 Å². The molecule has 5 heteroatoms. The van der Waals surface area contributed by atoms with E-state index in [0.29, 0.717) is 6.54 Å². The number of hydrogen-bond acceptors (Lipinski definition) is 4. The van der Waals surface area contributed by atoms with Crippen LogP contribution in [0.3, 0.4) is 0 Å². The lowest BCUT2D eigenvalue weighted by Gasteiger charge is -2.19. The van der Waals surface area contributed by atoms with Gasteiger partial charge in [-0.05, 0) is 27.7 Å². The van der Waals surface area contributed by atoms with Gasteiger partial charge in [0.25, 0.3) is 0 Å². The standard InChI is InChI=1S/C11H18N2O2S/c1-7-8(5-10(14)15)16-9(13-7)6-12-11(2,3)4/h12H,5-6H2,1-4H3,(H,14,15). The fraction of sp³-hybridized carbons (Fsp3) is 0.636. The summed E-state index contributed by atoms with van der Waals surface area (Å²) in [6.07, 6.45) is 0.0685. The SMILES string of the molecule is Cc1nc(CNC(C)(C)C)sc1CC(=O)O. The van der Waals surface area contributed by atoms with Gasteiger partial charge in [0.2, 0.25) is 0 Å². The van der Waals surface area contributed by atoms with Gasteiger partial charge in [0, 0.05) is 17.0 Å². The van der Waals surface area contributed by atoms with Crippen LogP contribution in [-0.2, 0) is 17.8 Å². The number of carbonyl (C=O) groups is 1. The van der Waals surface area contributed by atoms with Gasteiger partial charge in [0.1, 0.15) is 5.01 Å². The number of carboxylic acid groups (broad SMARTS) is 1. The molecule has 0 fully saturated rings. The van der Waals surface area contributed by atoms with E-state index in [9.17, 15) is 4.79 Å². The minimum atomic E-state index is -0.804. The average molecular weight is 242 g/mol. The van der Waals surface area contributed by atoms with E-state index in [4.69, 9.17) is 5.11 Å². The number of rotatable bonds is 4. The number of aromatic nitrogens is 1. The molecule has 1 heterocycles. The van der Waals surface area contributed by atoms with Gasteiger partial charge in [-0.15, -0.1) is 11.3 Å². The van der Waals surface area contributed by atoms with Gasteiger partial charge in [0.15, 0.2) is 0 Å². The van der Waals surface area contributed by atoms with Crippen molar-refractivity contribution in [3.63, 3.8) is 0 Å². The molecule has 4 nitrogen and oxygen atoms in total. The third-order valence-electron chi connectivity index (χ3n) is 2.02. The Morgan fingerprint density at radius 2 is 2.12 bits per heavy atom. The van der Waals surface area contributed by atoms with Crippen LogP contribution >= 0.6 is 11.3 Å². The zero-order valence-corrected chi connectivity index (χ0v) is 10.9. The van der Waals surface area contributed by atoms with Crippen LogP contribution in [0.5, 0.6) is 0 Å². The molecule has 0 radical (unpaired) electrons. The lowest BCUT2D eigenvalue weighted by atomic mass is 10.1. The van der Waals surface area contributed by atoms with E-state index in [0.717, 1.165) is 15.6 Å². The Labute approximate surface area is 99.7 Å². The van der Waals surface area contributed by atoms with Crippen molar-refractivity contribution in [2.75, 3.05) is 0 Å². The molecule has 0 saturated carbocycles. The molecule has 1 aromatic heterocycles. The minimum Gasteiger partial charge on any atom is -0.481 e. The zero-order chi connectivity index (χ0) is 12.3. The van der Waals surface area contributed by atoms with Crippen molar-refractivity contribution in [2.45, 2.75) is 46.2 Å². The van der Waals surface area contributed by atoms with Crippen LogP contribution in [0.15, 0.2) is 0 Å². The molecule has 0 atom stereocenters. The predicted octanol–water partition coefficient (Wildman–Crippen LogP) is 1.97. The second-order valence-electron chi connectivity index (χ2n) is 4.79. The summed E-state index contributed by atoms with van der Waals surface area (Å²) in [5, 5.41) is 13.0. The van der Waals surface area contributed by atoms with E-state index in [1.54, 1.807) is 0 Å². The average Bonchev–Trinajstić information content (AvgIpc) is 2.42. The number of nitrogens with one attached hydrogen (secondary N) is 1. The summed E-state index contributed by atoms with van der Waals surface area (Å²) >= 11 is 1.47. The number of aryl methyl sites for hydroxylation is 1. The summed E-state index contributed by atoms with van der Waals surface area (Å²) in [6.45, 7) is 8.81. The monoisotopic (exact) mass is 242 g/mol. The van der Waals surface area contributed by atoms with E-state index in [1.165, 1.54) is 11.3 Å². The Bertz CT molecular complexity index is 380. The van der Waals surface area contributed by atoms with Gasteiger partial charge >= 0.3 is 5.97 Å². The van der Waals surface area contributed by atoms with E-state index in [-0.39, 0.29) is 12.0 Å². The Morgan fingerprint density at radius 1 is 1.50 bits per heavy atom. The highest BCUT2D eigenvalue weighted by Gasteiger charge is 2.13. The number of aliphatic carboxylic acids is 1. The van der Waals surface area contributed by atoms with Crippen molar-refractivity contribution in [1.82, 2.24) is 10.3 Å². The number of carboxylic acids is 1. The van der Waals surface area contributed by atoms with Crippen LogP contribution in [0.25, 0.3) is 0 Å². The van der Waals surface area contributed by atoms with Crippen LogP contribution in [0.2, 0.25) is 0 Å². The summed E-state index contributed by atoms with van der Waals surface area (Å²) in [4.78, 5) is 15.8. The van der Waals surface area contributed by atoms with Crippen molar-refractivity contribution in [1.29, 1.82) is 0 Å². The van der Waals surface area contributed by atoms with Gasteiger partial charge in [-0.1, -0.05) is 0 Å². The molecule has 0 saturated heterocycles. The van der Waals surface area contributed by atoms with Gasteiger partial charge in [-0.25, -0.2) is 4.98 Å². The second kappa shape index (κ2) is 4.93. The fourth-order valence-corrected chi connectivity index (χ4v) is 2.21. The number of nitrogens with zero attached hydrogens (tertiary/aromatic N) is 1. The van der Waals surface area contributed by atoms with Crippen molar-refractivity contribution in [3.8, 4) is 0 Å². The van der Waals surface area contributed by atoms with Gasteiger partial charge in [-0.3, -0.25) is 4.79 Å². The Morgan fingerprint density at radius 3 is 2.62 bits per heavy atom. The highest BCUT2D eigenvalue weighted by Crippen LogP contribution is 2.19. The summed E-state index contributed by atoms with van der Waals surface area (Å²) in [5.74, 6) is -0.804. The fourth-order valence-electron chi connectivity index (χ4n) is 1.21. The topological polar surface area (TPSA) is 62.2 Å². The molecule has 2 N–H and O–H groups in total. The van der Waals surface area contributed by atoms with Crippen LogP contribution in [0, 0.1) is 6.92 Å². The lowest BCUT2D eigenvalue weighted by Crippen LogP contribution is -2.35. The van der Waals surface area contributed by atoms with Gasteiger partial charge < -0.3 is 10.4 Å². The molecule has 0 aromatic carbocycles. The maximum Gasteiger partial charge on any atom is 0.308 e. The van der Waals surface area contributed by atoms with Crippen LogP contribution < -0.4 is 5.32 Å². The van der Waals surface area contributed by atoms with E-state index in [2.05, 4.69) is 31.1 Å². The maximum absolute atomic E-state index is 10.6. The van der Waals surface area contributed by atoms with Crippen molar-refractivity contribution in [3.05, 3.63) is 15.6 Å². The maximum atomic E-state index is 10.6. The number of hydrogen-bond donors (Lipinski definition) is 2. The Hall–Kier alpha value is -0.940. The summed E-state index contributed by atoms with van der Waals surface area (Å²) < 4.78 is 0. The molecular formula is C11H18N2O2S. The smallest absolute Gasteiger partial charge is 0.308 e. The summed E-state index contributed by atoms with van der Waals surface area (Å²) in [6, 6.07) is 0. The van der Waals surface area contributed by atoms with Gasteiger partial charge in [0.05, 0.1) is 12.1 Å². The molecule has 0 aliphatic heterocycles. The quantitative estimate of drug-likeness (QED) is 0.847. The third kappa shape index (κ3) is 4.28. The van der Waals surface area contributed by atoms with Crippen LogP contribution in [0.1, 0.15) is 36.3 Å². The molecule has 16 heavy (non-hydrogen) atoms. The van der Waals surface area contributed by atoms with E-state index < -0.39 is 5.97 Å². The van der Waals surface area contributed by atoms with Crippen molar-refractivity contribution in [2.24, 2.45) is 0 Å². The molecule has 0 bridgehead atoms. The molecule has 0 aliphatic rings. The van der Waals surface area contributed by atoms with E-state index >= 15 is 0 Å². The molecular weight excluding hydrogens is 224 g/mol. The largest absolute Gasteiger partial charge is 0.481 e. The first-order chi connectivity index (χ1) is 7.28. The first kappa shape index (κ1) is 13.1. The minimum absolute atomic E-state index is 0.0482. The van der Waals surface area contributed by atoms with Gasteiger partial charge in [-0.2, -0.15) is 0 Å². The summed E-state index contributed by atoms with van der Waals surface area (Å²) in [7, 11) is 0. The zero-order valence-electron chi connectivity index (χ0n) is 10.1. The predicted molar refractivity (Wildman–Crippen MR) is 64.8 cm³/mol.